The van der Waals surface area contributed by atoms with Crippen molar-refractivity contribution in [1.82, 2.24) is 0 Å². The highest BCUT2D eigenvalue weighted by atomic mass is 16.5. The Morgan fingerprint density at radius 1 is 1.19 bits per heavy atom. The first-order valence-corrected chi connectivity index (χ1v) is 10.3. The van der Waals surface area contributed by atoms with Gasteiger partial charge in [-0.1, -0.05) is 32.1 Å². The molecule has 0 saturated heterocycles. The molecule has 2 saturated carbocycles. The zero-order valence-corrected chi connectivity index (χ0v) is 16.7. The summed E-state index contributed by atoms with van der Waals surface area (Å²) in [4.78, 5) is 11.3. The fourth-order valence-corrected chi connectivity index (χ4v) is 6.73. The minimum absolute atomic E-state index is 0.235. The Balaban J connectivity index is 1.63. The molecule has 1 aromatic rings. The summed E-state index contributed by atoms with van der Waals surface area (Å²) in [6.45, 7) is 8.71. The lowest BCUT2D eigenvalue weighted by atomic mass is 9.51. The number of hydrogen-bond donors (Lipinski definition) is 0. The lowest BCUT2D eigenvalue weighted by molar-refractivity contribution is -0.131. The minimum Gasteiger partial charge on any atom is -0.427 e. The zero-order chi connectivity index (χ0) is 18.5. The molecule has 3 aliphatic rings. The van der Waals surface area contributed by atoms with Crippen LogP contribution in [0.15, 0.2) is 30.4 Å². The Hall–Kier alpha value is -1.57. The molecule has 0 heterocycles. The first kappa shape index (κ1) is 17.8. The minimum atomic E-state index is -0.235. The van der Waals surface area contributed by atoms with Crippen LogP contribution >= 0.6 is 0 Å². The molecule has 4 rings (SSSR count). The van der Waals surface area contributed by atoms with Crippen molar-refractivity contribution >= 4 is 5.97 Å². The molecule has 0 N–H and O–H groups in total. The van der Waals surface area contributed by atoms with E-state index in [0.717, 1.165) is 18.3 Å². The predicted molar refractivity (Wildman–Crippen MR) is 105 cm³/mol. The maximum absolute atomic E-state index is 11.3. The van der Waals surface area contributed by atoms with E-state index < -0.39 is 0 Å². The normalized spacial score (nSPS) is 38.5. The fraction of sp³-hybridized carbons (Fsp3) is 0.625. The molecule has 3 aliphatic carbocycles. The largest absolute Gasteiger partial charge is 0.427 e. The van der Waals surface area contributed by atoms with Crippen molar-refractivity contribution in [3.05, 3.63) is 41.5 Å². The average molecular weight is 353 g/mol. The van der Waals surface area contributed by atoms with Crippen molar-refractivity contribution in [2.24, 2.45) is 22.7 Å². The second-order valence-electron chi connectivity index (χ2n) is 9.28. The van der Waals surface area contributed by atoms with Gasteiger partial charge in [0.2, 0.25) is 0 Å². The lowest BCUT2D eigenvalue weighted by Crippen LogP contribution is -2.45. The van der Waals surface area contributed by atoms with Crippen LogP contribution in [-0.2, 0) is 11.2 Å². The van der Waals surface area contributed by atoms with Gasteiger partial charge >= 0.3 is 5.97 Å². The number of rotatable bonds is 2. The van der Waals surface area contributed by atoms with Crippen molar-refractivity contribution < 1.29 is 9.53 Å². The Morgan fingerprint density at radius 2 is 2.00 bits per heavy atom. The molecular weight excluding hydrogens is 320 g/mol. The summed E-state index contributed by atoms with van der Waals surface area (Å²) in [5, 5.41) is 0. The summed E-state index contributed by atoms with van der Waals surface area (Å²) in [5.41, 5.74) is 3.73. The molecule has 0 spiro atoms. The van der Waals surface area contributed by atoms with Gasteiger partial charge < -0.3 is 4.74 Å². The SMILES string of the molecule is C/C=C/[C@@]1(C)CC[C@H]2[C@@H]3CCc4cc(OC(C)=O)ccc4[C@H]3CC[C@@]21C. The van der Waals surface area contributed by atoms with E-state index in [1.807, 2.05) is 6.07 Å². The number of allylic oxidation sites excluding steroid dienone is 2. The Bertz CT molecular complexity index is 749. The molecule has 1 aromatic carbocycles. The van der Waals surface area contributed by atoms with Gasteiger partial charge in [-0.2, -0.15) is 0 Å². The van der Waals surface area contributed by atoms with E-state index in [9.17, 15) is 4.79 Å². The van der Waals surface area contributed by atoms with E-state index in [1.165, 1.54) is 50.2 Å². The molecule has 0 aromatic heterocycles. The van der Waals surface area contributed by atoms with E-state index in [-0.39, 0.29) is 5.97 Å². The van der Waals surface area contributed by atoms with Crippen LogP contribution in [0.2, 0.25) is 0 Å². The Labute approximate surface area is 158 Å². The smallest absolute Gasteiger partial charge is 0.308 e. The van der Waals surface area contributed by atoms with Gasteiger partial charge in [0.15, 0.2) is 0 Å². The van der Waals surface area contributed by atoms with E-state index in [0.29, 0.717) is 22.5 Å². The van der Waals surface area contributed by atoms with E-state index in [1.54, 1.807) is 0 Å². The summed E-state index contributed by atoms with van der Waals surface area (Å²) in [5.74, 6) is 2.81. The third-order valence-electron chi connectivity index (χ3n) is 8.16. The topological polar surface area (TPSA) is 26.3 Å². The predicted octanol–water partition coefficient (Wildman–Crippen LogP) is 6.05. The van der Waals surface area contributed by atoms with Gasteiger partial charge in [-0.3, -0.25) is 4.79 Å². The number of fused-ring (bicyclic) bond motifs is 5. The molecule has 0 amide bonds. The maximum Gasteiger partial charge on any atom is 0.308 e. The van der Waals surface area contributed by atoms with Gasteiger partial charge in [0, 0.05) is 6.92 Å². The Kier molecular flexibility index (Phi) is 4.28. The highest BCUT2D eigenvalue weighted by Gasteiger charge is 2.58. The van der Waals surface area contributed by atoms with Gasteiger partial charge in [0.1, 0.15) is 5.75 Å². The molecule has 140 valence electrons. The first-order chi connectivity index (χ1) is 12.4. The second-order valence-corrected chi connectivity index (χ2v) is 9.28. The number of carbonyl (C=O) groups is 1. The molecule has 0 bridgehead atoms. The van der Waals surface area contributed by atoms with Crippen molar-refractivity contribution in [2.45, 2.75) is 72.1 Å². The zero-order valence-electron chi connectivity index (χ0n) is 16.7. The van der Waals surface area contributed by atoms with Crippen LogP contribution in [-0.4, -0.2) is 5.97 Å². The molecule has 2 heteroatoms. The molecule has 26 heavy (non-hydrogen) atoms. The molecule has 0 unspecified atom stereocenters. The van der Waals surface area contributed by atoms with Crippen molar-refractivity contribution in [2.75, 3.05) is 0 Å². The van der Waals surface area contributed by atoms with Crippen LogP contribution in [0, 0.1) is 22.7 Å². The van der Waals surface area contributed by atoms with E-state index in [2.05, 4.69) is 45.1 Å². The van der Waals surface area contributed by atoms with Gasteiger partial charge in [0.05, 0.1) is 0 Å². The fourth-order valence-electron chi connectivity index (χ4n) is 6.73. The van der Waals surface area contributed by atoms with Gasteiger partial charge in [-0.05, 0) is 97.3 Å². The molecule has 0 radical (unpaired) electrons. The van der Waals surface area contributed by atoms with Crippen molar-refractivity contribution in [1.29, 1.82) is 0 Å². The number of benzene rings is 1. The van der Waals surface area contributed by atoms with E-state index in [4.69, 9.17) is 4.74 Å². The molecule has 2 nitrogen and oxygen atoms in total. The standard InChI is InChI=1S/C24H32O2/c1-5-12-23(3)13-11-22-21-8-6-17-15-18(26-16(2)25)7-9-19(17)20(21)10-14-24(22,23)4/h5,7,9,12,15,20-22H,6,8,10-11,13-14H2,1-4H3/b12-5+/t20-,21-,22+,23+,24+/m1/s1. The molecule has 0 aliphatic heterocycles. The highest BCUT2D eigenvalue weighted by molar-refractivity contribution is 5.69. The van der Waals surface area contributed by atoms with Crippen LogP contribution in [0.5, 0.6) is 5.75 Å². The summed E-state index contributed by atoms with van der Waals surface area (Å²) in [6.07, 6.45) is 12.5. The highest BCUT2D eigenvalue weighted by Crippen LogP contribution is 2.67. The van der Waals surface area contributed by atoms with Gasteiger partial charge in [-0.15, -0.1) is 0 Å². The summed E-state index contributed by atoms with van der Waals surface area (Å²) in [6, 6.07) is 6.35. The number of ether oxygens (including phenoxy) is 1. The summed E-state index contributed by atoms with van der Waals surface area (Å²) >= 11 is 0. The summed E-state index contributed by atoms with van der Waals surface area (Å²) in [7, 11) is 0. The maximum atomic E-state index is 11.3. The molecular formula is C24H32O2. The van der Waals surface area contributed by atoms with Crippen LogP contribution in [0.4, 0.5) is 0 Å². The first-order valence-electron chi connectivity index (χ1n) is 10.3. The average Bonchev–Trinajstić information content (AvgIpc) is 2.85. The van der Waals surface area contributed by atoms with Gasteiger partial charge in [0.25, 0.3) is 0 Å². The molecule has 2 fully saturated rings. The second kappa shape index (κ2) is 6.25. The van der Waals surface area contributed by atoms with Crippen LogP contribution in [0.1, 0.15) is 76.8 Å². The van der Waals surface area contributed by atoms with Gasteiger partial charge in [-0.25, -0.2) is 0 Å². The monoisotopic (exact) mass is 352 g/mol. The third kappa shape index (κ3) is 2.56. The lowest BCUT2D eigenvalue weighted by Gasteiger charge is -2.53. The van der Waals surface area contributed by atoms with Crippen molar-refractivity contribution in [3.8, 4) is 5.75 Å². The van der Waals surface area contributed by atoms with Crippen LogP contribution in [0.3, 0.4) is 0 Å². The number of carbonyl (C=O) groups excluding carboxylic acids is 1. The summed E-state index contributed by atoms with van der Waals surface area (Å²) < 4.78 is 5.31. The number of hydrogen-bond acceptors (Lipinski definition) is 2. The third-order valence-corrected chi connectivity index (χ3v) is 8.16. The number of esters is 1. The van der Waals surface area contributed by atoms with Crippen LogP contribution in [0.25, 0.3) is 0 Å². The Morgan fingerprint density at radius 3 is 2.73 bits per heavy atom. The van der Waals surface area contributed by atoms with E-state index >= 15 is 0 Å². The van der Waals surface area contributed by atoms with Crippen molar-refractivity contribution in [3.63, 3.8) is 0 Å². The quantitative estimate of drug-likeness (QED) is 0.368. The molecule has 5 atom stereocenters. The number of aryl methyl sites for hydroxylation is 1. The van der Waals surface area contributed by atoms with Crippen LogP contribution < -0.4 is 4.74 Å².